The first kappa shape index (κ1) is 102. The number of amides is 4. The largest absolute Gasteiger partial charge is 0.533 e. The van der Waals surface area contributed by atoms with E-state index in [2.05, 4.69) is 190 Å². The Morgan fingerprint density at radius 1 is 0.431 bits per heavy atom. The number of carbonyl (C=O) groups excluding carboxylic acids is 9. The van der Waals surface area contributed by atoms with Crippen LogP contribution in [-0.2, 0) is 62.1 Å². The number of hydroxylamine groups is 3. The lowest BCUT2D eigenvalue weighted by molar-refractivity contribution is -0.143. The van der Waals surface area contributed by atoms with Crippen LogP contribution in [0.1, 0.15) is 107 Å². The van der Waals surface area contributed by atoms with Gasteiger partial charge in [-0.3, -0.25) is 14.4 Å². The number of ether oxygens (including phenoxy) is 7. The van der Waals surface area contributed by atoms with E-state index in [1.807, 2.05) is 163 Å². The second kappa shape index (κ2) is 53.1. The predicted molar refractivity (Wildman–Crippen MR) is 518 cm³/mol. The minimum Gasteiger partial charge on any atom is -0.465 e. The van der Waals surface area contributed by atoms with Gasteiger partial charge < -0.3 is 83.6 Å². The fourth-order valence-electron chi connectivity index (χ4n) is 15.1. The molecule has 137 heavy (non-hydrogen) atoms. The van der Waals surface area contributed by atoms with E-state index in [-0.39, 0.29) is 115 Å². The molecule has 710 valence electrons. The van der Waals surface area contributed by atoms with Crippen LogP contribution in [-0.4, -0.2) is 187 Å². The van der Waals surface area contributed by atoms with Gasteiger partial charge in [0, 0.05) is 80.5 Å². The Morgan fingerprint density at radius 2 is 0.803 bits per heavy atom. The first-order valence-electron chi connectivity index (χ1n) is 43.4. The fourth-order valence-corrected chi connectivity index (χ4v) is 16.8. The summed E-state index contributed by atoms with van der Waals surface area (Å²) in [5.41, 5.74) is 26.2. The van der Waals surface area contributed by atoms with Crippen molar-refractivity contribution in [1.29, 1.82) is 0 Å². The second-order valence-corrected chi connectivity index (χ2v) is 33.1. The van der Waals surface area contributed by atoms with Crippen molar-refractivity contribution < 1.29 is 116 Å². The van der Waals surface area contributed by atoms with Crippen LogP contribution in [0.15, 0.2) is 277 Å². The molecule has 11 aromatic carbocycles. The van der Waals surface area contributed by atoms with Gasteiger partial charge >= 0.3 is 56.0 Å². The van der Waals surface area contributed by atoms with Gasteiger partial charge in [0.15, 0.2) is 0 Å². The van der Waals surface area contributed by atoms with Crippen molar-refractivity contribution in [3.63, 3.8) is 0 Å². The quantitative estimate of drug-likeness (QED) is 0.00835. The smallest absolute Gasteiger partial charge is 0.465 e. The Bertz CT molecular complexity index is 6120. The molecule has 34 nitrogen and oxygen atoms in total. The molecule has 38 heteroatoms. The number of halogens is 1. The SMILES string of the molecule is CCOC(=O)ON.CCOC(=O)ONC(=O)CNC(=O)OCC1c2ccccc2-c2ccccc21.CCOC(=O)ONCCNC(=O)OCC1c2ccccc2-c2ccccc21.O=C(CCC(=O)n1nnc2ccccc21)OCC1c2ccccc2-c2ccccc21.O=C(O)ONCCNC(=O)OCC1c2ccccc2-c2ccccc21.OB(O)c1cc2cc(Br)ccc2s1.[SiH3]c1ccccc1. The summed E-state index contributed by atoms with van der Waals surface area (Å²) in [4.78, 5) is 131. The summed E-state index contributed by atoms with van der Waals surface area (Å²) in [6, 6.07) is 90.2. The van der Waals surface area contributed by atoms with Gasteiger partial charge in [0.1, 0.15) is 38.5 Å². The van der Waals surface area contributed by atoms with Crippen LogP contribution in [0.25, 0.3) is 65.6 Å². The van der Waals surface area contributed by atoms with Crippen molar-refractivity contribution in [2.45, 2.75) is 57.3 Å². The number of carboxylic acid groups (broad SMARTS) is 1. The standard InChI is InChI=1S/C24H19N3O3.C20H20N2O6.C20H22N2O5.C18H18N2O5.C8H6BBrO2S.C6H8Si.C3H7NO3/c28-23(27-22-12-6-5-11-21(22)25-26-27)13-14-24(29)30-15-20-18-9-3-1-7-16(18)17-8-2-4-10-19(17)20;1-2-26-20(25)28-22-18(23)11-21-19(24)27-12-17-15-9-5-3-7-13(15)14-8-4-6-10-16(14)17;1-2-25-20(24)27-22-12-11-21-19(23)26-13-18-16-9-5-3-7-14(16)15-8-4-6-10-17(15)18;21-17(19-9-10-20-25-18(22)23)24-11-16-14-7-3-1-5-12(14)13-6-2-4-8-15(13)16;10-6-1-2-7-5(3-6)4-8(13-7)9(11)12;7-6-4-2-1-3-5-6;1-2-6-3(5)7-4/h1-12,20H,13-15H2;3-10,17H,2,11-12H2,1H3,(H,21,24)(H,22,23);3-10,18,22H,2,11-13H2,1H3,(H,21,23);1-8,16,20H,9-11H2,(H,19,21)(H,22,23);1-4,11-12H;1-5H,7H3;2,4H2,1H3. The molecule has 4 aliphatic carbocycles. The number of alkyl carbamates (subject to hydrolysis) is 3. The number of benzene rings is 11. The third-order valence-corrected chi connectivity index (χ3v) is 23.4. The lowest BCUT2D eigenvalue weighted by atomic mass is 9.89. The molecule has 2 aromatic heterocycles. The summed E-state index contributed by atoms with van der Waals surface area (Å²) in [5.74, 6) is 2.96. The number of nitrogens with zero attached hydrogens (tertiary/aromatic N) is 3. The third-order valence-electron chi connectivity index (χ3n) is 21.1. The summed E-state index contributed by atoms with van der Waals surface area (Å²) in [6.45, 7) is 6.88. The topological polar surface area (TPSA) is 462 Å². The molecular formula is C99H100BBrN10O24SSi. The van der Waals surface area contributed by atoms with Crippen LogP contribution in [0, 0.1) is 0 Å². The summed E-state index contributed by atoms with van der Waals surface area (Å²) < 4.78 is 38.7. The van der Waals surface area contributed by atoms with Crippen molar-refractivity contribution in [3.8, 4) is 44.5 Å². The highest BCUT2D eigenvalue weighted by Gasteiger charge is 2.34. The van der Waals surface area contributed by atoms with Crippen molar-refractivity contribution >= 4 is 136 Å². The highest BCUT2D eigenvalue weighted by molar-refractivity contribution is 9.10. The molecule has 11 N–H and O–H groups in total. The molecule has 4 aliphatic rings. The molecule has 0 radical (unpaired) electrons. The zero-order valence-corrected chi connectivity index (χ0v) is 79.3. The monoisotopic (exact) mass is 1960 g/mol. The van der Waals surface area contributed by atoms with E-state index < -0.39 is 68.4 Å². The molecule has 0 unspecified atom stereocenters. The minimum atomic E-state index is -1.43. The Hall–Kier alpha value is -15.2. The summed E-state index contributed by atoms with van der Waals surface area (Å²) in [7, 11) is -0.191. The van der Waals surface area contributed by atoms with Crippen molar-refractivity contribution in [2.24, 2.45) is 5.90 Å². The average molecular weight is 1960 g/mol. The molecule has 0 saturated heterocycles. The van der Waals surface area contributed by atoms with Crippen LogP contribution in [0.3, 0.4) is 0 Å². The maximum Gasteiger partial charge on any atom is 0.533 e. The van der Waals surface area contributed by atoms with Crippen LogP contribution in [0.2, 0.25) is 0 Å². The lowest BCUT2D eigenvalue weighted by Gasteiger charge is -2.14. The van der Waals surface area contributed by atoms with Crippen LogP contribution < -0.4 is 48.3 Å². The van der Waals surface area contributed by atoms with Crippen LogP contribution in [0.4, 0.5) is 33.6 Å². The fraction of sp³-hybridized carbons (Fsp3) is 0.212. The molecule has 0 atom stereocenters. The Balaban J connectivity index is 0.000000161. The van der Waals surface area contributed by atoms with Gasteiger partial charge in [-0.25, -0.2) is 33.6 Å². The number of rotatable bonds is 25. The van der Waals surface area contributed by atoms with Gasteiger partial charge in [-0.15, -0.1) is 27.4 Å². The molecular weight excluding hydrogens is 1860 g/mol. The van der Waals surface area contributed by atoms with E-state index in [0.717, 1.165) is 70.2 Å². The van der Waals surface area contributed by atoms with Gasteiger partial charge in [0.05, 0.1) is 31.8 Å². The van der Waals surface area contributed by atoms with Gasteiger partial charge in [-0.05, 0) is 152 Å². The van der Waals surface area contributed by atoms with Gasteiger partial charge in [0.2, 0.25) is 5.91 Å². The molecule has 13 aromatic rings. The molecule has 0 aliphatic heterocycles. The Kier molecular flexibility index (Phi) is 39.6. The van der Waals surface area contributed by atoms with Crippen LogP contribution in [0.5, 0.6) is 0 Å². The first-order valence-corrected chi connectivity index (χ1v) is 46.0. The highest BCUT2D eigenvalue weighted by Crippen LogP contribution is 2.48. The molecule has 0 saturated carbocycles. The number of carbonyl (C=O) groups is 10. The highest BCUT2D eigenvalue weighted by atomic mass is 79.9. The number of thiophene rings is 1. The zero-order chi connectivity index (χ0) is 97.4. The van der Waals surface area contributed by atoms with E-state index in [1.54, 1.807) is 39.0 Å². The van der Waals surface area contributed by atoms with E-state index >= 15 is 0 Å². The maximum atomic E-state index is 12.5. The maximum absolute atomic E-state index is 12.5. The predicted octanol–water partition coefficient (Wildman–Crippen LogP) is 13.9. The molecule has 4 amide bonds. The number of nitrogens with one attached hydrogen (secondary N) is 6. The Morgan fingerprint density at radius 3 is 1.19 bits per heavy atom. The summed E-state index contributed by atoms with van der Waals surface area (Å²) in [6.07, 6.45) is -5.91. The third kappa shape index (κ3) is 29.7. The number of para-hydroxylation sites is 1. The van der Waals surface area contributed by atoms with E-state index in [4.69, 9.17) is 34.1 Å². The minimum absolute atomic E-state index is 0.00301. The lowest BCUT2D eigenvalue weighted by Crippen LogP contribution is -2.38. The molecule has 0 bridgehead atoms. The number of fused-ring (bicyclic) bond motifs is 14. The number of nitrogens with two attached hydrogens (primary N) is 1. The van der Waals surface area contributed by atoms with Crippen molar-refractivity contribution in [3.05, 3.63) is 322 Å². The first-order chi connectivity index (χ1) is 66.6. The van der Waals surface area contributed by atoms with Crippen molar-refractivity contribution in [2.75, 3.05) is 79.0 Å². The molecule has 17 rings (SSSR count). The van der Waals surface area contributed by atoms with E-state index in [0.29, 0.717) is 15.8 Å². The van der Waals surface area contributed by atoms with E-state index in [9.17, 15) is 47.9 Å². The van der Waals surface area contributed by atoms with Gasteiger partial charge in [-0.2, -0.15) is 16.1 Å². The van der Waals surface area contributed by atoms with Crippen LogP contribution >= 0.6 is 27.3 Å². The number of aromatic nitrogens is 3. The Labute approximate surface area is 803 Å². The van der Waals surface area contributed by atoms with Gasteiger partial charge in [-0.1, -0.05) is 263 Å². The summed E-state index contributed by atoms with van der Waals surface area (Å²) >= 11 is 4.75. The zero-order valence-electron chi connectivity index (χ0n) is 74.9. The number of hydrogen-bond donors (Lipinski definition) is 10. The summed E-state index contributed by atoms with van der Waals surface area (Å²) in [5, 5.41) is 44.0. The average Bonchev–Trinajstić information content (AvgIpc) is 1.63. The number of hydrogen-bond acceptors (Lipinski definition) is 29. The number of esters is 1. The molecule has 0 spiro atoms. The normalized spacial score (nSPS) is 11.6. The molecule has 2 heterocycles. The van der Waals surface area contributed by atoms with Gasteiger partial charge in [0.25, 0.3) is 5.91 Å². The van der Waals surface area contributed by atoms with E-state index in [1.165, 1.54) is 64.8 Å². The molecule has 0 fully saturated rings. The van der Waals surface area contributed by atoms with Crippen molar-refractivity contribution in [1.82, 2.24) is 47.4 Å². The second-order valence-electron chi connectivity index (χ2n) is 29.9.